The normalized spacial score (nSPS) is 25.3. The van der Waals surface area contributed by atoms with Gasteiger partial charge in [-0.1, -0.05) is 6.07 Å². The van der Waals surface area contributed by atoms with Gasteiger partial charge in [-0.3, -0.25) is 4.79 Å². The summed E-state index contributed by atoms with van der Waals surface area (Å²) in [6, 6.07) is 6.93. The molecule has 2 aliphatic carbocycles. The van der Waals surface area contributed by atoms with Crippen LogP contribution in [0, 0.1) is 0 Å². The van der Waals surface area contributed by atoms with Gasteiger partial charge in [0.25, 0.3) is 5.91 Å². The number of rotatable bonds is 2. The fraction of sp³-hybridized carbons (Fsp3) is 0.588. The number of nitrogens with zero attached hydrogens (tertiary/aromatic N) is 1. The van der Waals surface area contributed by atoms with Gasteiger partial charge in [-0.05, 0) is 68.2 Å². The van der Waals surface area contributed by atoms with Gasteiger partial charge in [-0.15, -0.1) is 0 Å². The first kappa shape index (κ1) is 13.6. The quantitative estimate of drug-likeness (QED) is 0.899. The second-order valence-electron chi connectivity index (χ2n) is 6.32. The molecule has 0 bridgehead atoms. The third-order valence-electron chi connectivity index (χ3n) is 4.95. The maximum atomic E-state index is 12.6. The van der Waals surface area contributed by atoms with E-state index in [0.717, 1.165) is 37.7 Å². The second-order valence-corrected chi connectivity index (χ2v) is 6.32. The number of hydrogen-bond acceptors (Lipinski definition) is 2. The highest BCUT2D eigenvalue weighted by Gasteiger charge is 2.26. The number of aryl methyl sites for hydroxylation is 2. The second kappa shape index (κ2) is 5.57. The van der Waals surface area contributed by atoms with Crippen LogP contribution in [0.25, 0.3) is 0 Å². The summed E-state index contributed by atoms with van der Waals surface area (Å²) in [6.45, 7) is 0. The van der Waals surface area contributed by atoms with Gasteiger partial charge >= 0.3 is 0 Å². The largest absolute Gasteiger partial charge is 0.339 e. The van der Waals surface area contributed by atoms with Gasteiger partial charge in [-0.2, -0.15) is 0 Å². The smallest absolute Gasteiger partial charge is 0.253 e. The van der Waals surface area contributed by atoms with Gasteiger partial charge in [0.05, 0.1) is 0 Å². The molecule has 0 radical (unpaired) electrons. The molecule has 3 heteroatoms. The lowest BCUT2D eigenvalue weighted by molar-refractivity contribution is 0.0690. The molecule has 0 aliphatic heterocycles. The van der Waals surface area contributed by atoms with E-state index in [1.165, 1.54) is 24.0 Å². The molecule has 3 nitrogen and oxygen atoms in total. The molecule has 0 unspecified atom stereocenters. The van der Waals surface area contributed by atoms with Crippen molar-refractivity contribution in [3.8, 4) is 0 Å². The van der Waals surface area contributed by atoms with E-state index in [4.69, 9.17) is 5.73 Å². The average molecular weight is 272 g/mol. The van der Waals surface area contributed by atoms with E-state index >= 15 is 0 Å². The van der Waals surface area contributed by atoms with Crippen LogP contribution in [0.3, 0.4) is 0 Å². The Morgan fingerprint density at radius 1 is 1.15 bits per heavy atom. The van der Waals surface area contributed by atoms with Crippen molar-refractivity contribution in [2.75, 3.05) is 7.05 Å². The first-order valence-electron chi connectivity index (χ1n) is 7.79. The summed E-state index contributed by atoms with van der Waals surface area (Å²) in [4.78, 5) is 14.6. The van der Waals surface area contributed by atoms with Crippen molar-refractivity contribution in [2.45, 2.75) is 57.0 Å². The Labute approximate surface area is 121 Å². The zero-order valence-corrected chi connectivity index (χ0v) is 12.3. The van der Waals surface area contributed by atoms with E-state index in [-0.39, 0.29) is 5.91 Å². The Morgan fingerprint density at radius 3 is 2.60 bits per heavy atom. The van der Waals surface area contributed by atoms with E-state index in [1.807, 2.05) is 18.0 Å². The van der Waals surface area contributed by atoms with Gasteiger partial charge in [0, 0.05) is 24.7 Å². The summed E-state index contributed by atoms with van der Waals surface area (Å²) in [7, 11) is 1.94. The van der Waals surface area contributed by atoms with Crippen molar-refractivity contribution < 1.29 is 4.79 Å². The number of carbonyl (C=O) groups excluding carboxylic acids is 1. The van der Waals surface area contributed by atoms with Crippen LogP contribution in [-0.4, -0.2) is 29.9 Å². The Bertz CT molecular complexity index is 504. The predicted octanol–water partition coefficient (Wildman–Crippen LogP) is 2.52. The van der Waals surface area contributed by atoms with Crippen molar-refractivity contribution in [3.63, 3.8) is 0 Å². The molecule has 2 N–H and O–H groups in total. The molecule has 0 atom stereocenters. The molecule has 1 fully saturated rings. The predicted molar refractivity (Wildman–Crippen MR) is 80.8 cm³/mol. The van der Waals surface area contributed by atoms with Crippen LogP contribution in [-0.2, 0) is 12.8 Å². The van der Waals surface area contributed by atoms with Crippen LogP contribution >= 0.6 is 0 Å². The SMILES string of the molecule is CN(C(=O)c1ccc2c(c1)CCC2)C1CCC(N)CC1. The van der Waals surface area contributed by atoms with E-state index in [0.29, 0.717) is 12.1 Å². The molecular weight excluding hydrogens is 248 g/mol. The van der Waals surface area contributed by atoms with Gasteiger partial charge < -0.3 is 10.6 Å². The first-order valence-corrected chi connectivity index (χ1v) is 7.79. The Kier molecular flexibility index (Phi) is 3.79. The monoisotopic (exact) mass is 272 g/mol. The molecule has 0 heterocycles. The van der Waals surface area contributed by atoms with Gasteiger partial charge in [0.1, 0.15) is 0 Å². The lowest BCUT2D eigenvalue weighted by Gasteiger charge is -2.33. The zero-order chi connectivity index (χ0) is 14.1. The number of carbonyl (C=O) groups is 1. The highest BCUT2D eigenvalue weighted by molar-refractivity contribution is 5.94. The molecule has 1 aromatic carbocycles. The summed E-state index contributed by atoms with van der Waals surface area (Å²) in [5.74, 6) is 0.167. The topological polar surface area (TPSA) is 46.3 Å². The van der Waals surface area contributed by atoms with Crippen LogP contribution in [0.4, 0.5) is 0 Å². The van der Waals surface area contributed by atoms with Crippen LogP contribution in [0.5, 0.6) is 0 Å². The number of nitrogens with two attached hydrogens (primary N) is 1. The molecule has 1 amide bonds. The standard InChI is InChI=1S/C17H24N2O/c1-19(16-9-7-15(18)8-10-16)17(20)14-6-5-12-3-2-4-13(12)11-14/h5-6,11,15-16H,2-4,7-10,18H2,1H3. The highest BCUT2D eigenvalue weighted by atomic mass is 16.2. The summed E-state index contributed by atoms with van der Waals surface area (Å²) >= 11 is 0. The minimum atomic E-state index is 0.167. The van der Waals surface area contributed by atoms with Gasteiger partial charge in [0.15, 0.2) is 0 Å². The minimum Gasteiger partial charge on any atom is -0.339 e. The number of hydrogen-bond donors (Lipinski definition) is 1. The third-order valence-corrected chi connectivity index (χ3v) is 4.95. The molecular formula is C17H24N2O. The van der Waals surface area contributed by atoms with E-state index < -0.39 is 0 Å². The lowest BCUT2D eigenvalue weighted by atomic mass is 9.90. The summed E-state index contributed by atoms with van der Waals surface area (Å²) < 4.78 is 0. The molecule has 0 aromatic heterocycles. The fourth-order valence-electron chi connectivity index (χ4n) is 3.56. The molecule has 20 heavy (non-hydrogen) atoms. The van der Waals surface area contributed by atoms with E-state index in [9.17, 15) is 4.79 Å². The first-order chi connectivity index (χ1) is 9.65. The minimum absolute atomic E-state index is 0.167. The Morgan fingerprint density at radius 2 is 1.85 bits per heavy atom. The van der Waals surface area contributed by atoms with Crippen molar-refractivity contribution in [1.82, 2.24) is 4.90 Å². The molecule has 0 spiro atoms. The molecule has 0 saturated heterocycles. The number of benzene rings is 1. The van der Waals surface area contributed by atoms with Crippen LogP contribution in [0.15, 0.2) is 18.2 Å². The van der Waals surface area contributed by atoms with Crippen molar-refractivity contribution in [2.24, 2.45) is 5.73 Å². The number of amides is 1. The van der Waals surface area contributed by atoms with E-state index in [1.54, 1.807) is 0 Å². The fourth-order valence-corrected chi connectivity index (χ4v) is 3.56. The molecule has 3 rings (SSSR count). The van der Waals surface area contributed by atoms with Crippen molar-refractivity contribution >= 4 is 5.91 Å². The van der Waals surface area contributed by atoms with Crippen molar-refractivity contribution in [1.29, 1.82) is 0 Å². The van der Waals surface area contributed by atoms with Crippen LogP contribution in [0.1, 0.15) is 53.6 Å². The summed E-state index contributed by atoms with van der Waals surface area (Å²) in [5.41, 5.74) is 9.59. The van der Waals surface area contributed by atoms with Crippen molar-refractivity contribution in [3.05, 3.63) is 34.9 Å². The molecule has 1 saturated carbocycles. The van der Waals surface area contributed by atoms with Gasteiger partial charge in [-0.25, -0.2) is 0 Å². The third kappa shape index (κ3) is 2.59. The van der Waals surface area contributed by atoms with E-state index in [2.05, 4.69) is 12.1 Å². The number of fused-ring (bicyclic) bond motifs is 1. The summed E-state index contributed by atoms with van der Waals surface area (Å²) in [6.07, 6.45) is 7.66. The van der Waals surface area contributed by atoms with Gasteiger partial charge in [0.2, 0.25) is 0 Å². The van der Waals surface area contributed by atoms with Crippen LogP contribution in [0.2, 0.25) is 0 Å². The Balaban J connectivity index is 1.72. The summed E-state index contributed by atoms with van der Waals surface area (Å²) in [5, 5.41) is 0. The maximum absolute atomic E-state index is 12.6. The highest BCUT2D eigenvalue weighted by Crippen LogP contribution is 2.25. The average Bonchev–Trinajstić information content (AvgIpc) is 2.94. The lowest BCUT2D eigenvalue weighted by Crippen LogP contribution is -2.41. The molecule has 108 valence electrons. The molecule has 2 aliphatic rings. The molecule has 1 aromatic rings. The Hall–Kier alpha value is -1.35. The maximum Gasteiger partial charge on any atom is 0.253 e. The van der Waals surface area contributed by atoms with Crippen LogP contribution < -0.4 is 5.73 Å². The zero-order valence-electron chi connectivity index (χ0n) is 12.3.